The lowest BCUT2D eigenvalue weighted by Crippen LogP contribution is -2.54. The second kappa shape index (κ2) is 25.0. The van der Waals surface area contributed by atoms with Crippen molar-refractivity contribution in [1.82, 2.24) is 4.90 Å². The maximum absolute atomic E-state index is 13.3. The predicted molar refractivity (Wildman–Crippen MR) is 266 cm³/mol. The number of hydrogen-bond acceptors (Lipinski definition) is 11. The van der Waals surface area contributed by atoms with Gasteiger partial charge in [-0.2, -0.15) is 0 Å². The summed E-state index contributed by atoms with van der Waals surface area (Å²) in [7, 11) is 1.90. The van der Waals surface area contributed by atoms with Gasteiger partial charge in [0.15, 0.2) is 0 Å². The van der Waals surface area contributed by atoms with E-state index in [1.54, 1.807) is 0 Å². The van der Waals surface area contributed by atoms with Crippen molar-refractivity contribution in [3.63, 3.8) is 0 Å². The first-order valence-electron chi connectivity index (χ1n) is 29.1. The van der Waals surface area contributed by atoms with Crippen LogP contribution in [0.4, 0.5) is 4.79 Å². The Bertz CT molecular complexity index is 1590. The number of methoxy groups -OCH3 is 1. The van der Waals surface area contributed by atoms with Crippen LogP contribution >= 0.6 is 0 Å². The maximum atomic E-state index is 13.3. The zero-order valence-electron chi connectivity index (χ0n) is 43.9. The Hall–Kier alpha value is -2.40. The summed E-state index contributed by atoms with van der Waals surface area (Å²) in [5, 5.41) is 0. The third kappa shape index (κ3) is 14.0. The van der Waals surface area contributed by atoms with Crippen molar-refractivity contribution < 1.29 is 47.6 Å². The van der Waals surface area contributed by atoms with Gasteiger partial charge in [0.2, 0.25) is 0 Å². The lowest BCUT2D eigenvalue weighted by molar-refractivity contribution is -0.164. The smallest absolute Gasteiger partial charge is 0.463 e. The molecule has 8 rings (SSSR count). The second-order valence-corrected chi connectivity index (χ2v) is 24.6. The van der Waals surface area contributed by atoms with Crippen LogP contribution in [0.5, 0.6) is 0 Å². The second-order valence-electron chi connectivity index (χ2n) is 24.6. The van der Waals surface area contributed by atoms with E-state index in [4.69, 9.17) is 28.4 Å². The van der Waals surface area contributed by atoms with Crippen LogP contribution in [0.15, 0.2) is 0 Å². The number of ether oxygens (including phenoxy) is 6. The number of carbonyl (C=O) groups excluding carboxylic acids is 4. The van der Waals surface area contributed by atoms with E-state index in [1.807, 2.05) is 7.11 Å². The van der Waals surface area contributed by atoms with Crippen molar-refractivity contribution in [3.8, 4) is 0 Å². The molecule has 0 bridgehead atoms. The third-order valence-electron chi connectivity index (χ3n) is 20.3. The number of rotatable bonds is 14. The summed E-state index contributed by atoms with van der Waals surface area (Å²) in [6, 6.07) is 2.34. The summed E-state index contributed by atoms with van der Waals surface area (Å²) in [5.74, 6) is 2.95. The minimum Gasteiger partial charge on any atom is -0.463 e. The van der Waals surface area contributed by atoms with Crippen molar-refractivity contribution in [2.75, 3.05) is 7.11 Å². The van der Waals surface area contributed by atoms with Gasteiger partial charge >= 0.3 is 24.1 Å². The molecule has 69 heavy (non-hydrogen) atoms. The van der Waals surface area contributed by atoms with E-state index in [0.717, 1.165) is 80.3 Å². The molecule has 0 heterocycles. The molecule has 0 radical (unpaired) electrons. The van der Waals surface area contributed by atoms with E-state index < -0.39 is 6.16 Å². The lowest BCUT2D eigenvalue weighted by Gasteiger charge is -2.56. The summed E-state index contributed by atoms with van der Waals surface area (Å²) in [6.45, 7) is 9.07. The molecule has 11 heteroatoms. The summed E-state index contributed by atoms with van der Waals surface area (Å²) >= 11 is 0. The highest BCUT2D eigenvalue weighted by Crippen LogP contribution is 2.57. The molecule has 0 saturated heterocycles. The molecule has 0 amide bonds. The molecule has 0 spiro atoms. The summed E-state index contributed by atoms with van der Waals surface area (Å²) < 4.78 is 35.0. The number of esters is 3. The quantitative estimate of drug-likeness (QED) is 0.122. The fourth-order valence-corrected chi connectivity index (χ4v) is 15.9. The average Bonchev–Trinajstić information content (AvgIpc) is 3.36. The van der Waals surface area contributed by atoms with Gasteiger partial charge in [0.1, 0.15) is 30.5 Å². The zero-order valence-corrected chi connectivity index (χ0v) is 43.9. The van der Waals surface area contributed by atoms with Crippen molar-refractivity contribution >= 4 is 24.1 Å². The molecule has 8 aliphatic rings. The van der Waals surface area contributed by atoms with Crippen LogP contribution in [-0.2, 0) is 42.8 Å². The van der Waals surface area contributed by atoms with Crippen LogP contribution < -0.4 is 0 Å². The molecule has 8 saturated carbocycles. The molecular formula is C58H95NO10. The molecule has 11 nitrogen and oxygen atoms in total. The van der Waals surface area contributed by atoms with Crippen LogP contribution in [0.3, 0.4) is 0 Å². The minimum atomic E-state index is -0.544. The summed E-state index contributed by atoms with van der Waals surface area (Å²) in [5.41, 5.74) is 0.295. The van der Waals surface area contributed by atoms with E-state index in [1.165, 1.54) is 110 Å². The van der Waals surface area contributed by atoms with Gasteiger partial charge in [0.05, 0.1) is 17.9 Å². The molecule has 0 aromatic heterocycles. The molecule has 0 N–H and O–H groups in total. The highest BCUT2D eigenvalue weighted by molar-refractivity contribution is 5.74. The van der Waals surface area contributed by atoms with E-state index in [9.17, 15) is 19.2 Å². The van der Waals surface area contributed by atoms with Crippen molar-refractivity contribution in [2.24, 2.45) is 46.8 Å². The summed E-state index contributed by atoms with van der Waals surface area (Å²) in [4.78, 5) is 53.9. The maximum Gasteiger partial charge on any atom is 0.508 e. The first-order valence-corrected chi connectivity index (χ1v) is 29.1. The normalized spacial score (nSPS) is 40.1. The van der Waals surface area contributed by atoms with Gasteiger partial charge in [0.25, 0.3) is 0 Å². The Kier molecular flexibility index (Phi) is 19.2. The van der Waals surface area contributed by atoms with E-state index in [0.29, 0.717) is 81.6 Å². The largest absolute Gasteiger partial charge is 0.508 e. The number of carbonyl (C=O) groups is 4. The predicted octanol–water partition coefficient (Wildman–Crippen LogP) is 13.0. The standard InChI is InChI=1S/C58H95NO10/c1-38-6-20-46(21-7-38)59(47-22-8-39(2)9-23-47)48-24-14-43(15-25-48)58(4,44-16-30-49(64-5)31-17-44)45-18-32-54(33-19-45)69-57(63)68-53-28-12-42(13-29-53)55(61)66-51-26-10-41(11-27-51)56(62)67-52-36-34-50(35-37-52)65-40(3)60/h38-39,41-54H,6-37H2,1-5H3. The monoisotopic (exact) mass is 966 g/mol. The van der Waals surface area contributed by atoms with E-state index >= 15 is 0 Å². The molecule has 0 aromatic carbocycles. The van der Waals surface area contributed by atoms with Gasteiger partial charge in [-0.15, -0.1) is 0 Å². The van der Waals surface area contributed by atoms with Crippen LogP contribution in [0.1, 0.15) is 233 Å². The fraction of sp³-hybridized carbons (Fsp3) is 0.931. The Morgan fingerprint density at radius 1 is 0.377 bits per heavy atom. The van der Waals surface area contributed by atoms with Gasteiger partial charge in [0, 0.05) is 32.2 Å². The topological polar surface area (TPSA) is 127 Å². The fourth-order valence-electron chi connectivity index (χ4n) is 15.9. The highest BCUT2D eigenvalue weighted by atomic mass is 16.7. The molecule has 0 aromatic rings. The van der Waals surface area contributed by atoms with Gasteiger partial charge in [-0.05, 0) is 240 Å². The SMILES string of the molecule is COC1CCC(C(C)(C2CCC(OC(=O)OC3CCC(C(=O)OC4CCC(C(=O)OC5CCC(OC(C)=O)CC5)CC4)CC3)CC2)C2CCC(N(C3CCC(C)CC3)C3CCC(C)CC3)CC2)CC1. The third-order valence-corrected chi connectivity index (χ3v) is 20.3. The Morgan fingerprint density at radius 3 is 1.03 bits per heavy atom. The van der Waals surface area contributed by atoms with Crippen LogP contribution in [0.2, 0.25) is 0 Å². The highest BCUT2D eigenvalue weighted by Gasteiger charge is 2.50. The minimum absolute atomic E-state index is 0.0805. The van der Waals surface area contributed by atoms with E-state index in [2.05, 4.69) is 25.7 Å². The first kappa shape index (κ1) is 52.9. The Balaban J connectivity index is 0.757. The Morgan fingerprint density at radius 2 is 0.667 bits per heavy atom. The van der Waals surface area contributed by atoms with Gasteiger partial charge in [-0.1, -0.05) is 20.8 Å². The molecule has 8 fully saturated rings. The van der Waals surface area contributed by atoms with Gasteiger partial charge in [-0.25, -0.2) is 4.79 Å². The number of nitrogens with zero attached hydrogens (tertiary/aromatic N) is 1. The Labute approximate surface area is 417 Å². The molecule has 392 valence electrons. The number of hydrogen-bond donors (Lipinski definition) is 0. The van der Waals surface area contributed by atoms with Crippen molar-refractivity contribution in [2.45, 2.75) is 288 Å². The molecule has 1 unspecified atom stereocenters. The first-order chi connectivity index (χ1) is 33.3. The van der Waals surface area contributed by atoms with Crippen molar-refractivity contribution in [1.29, 1.82) is 0 Å². The van der Waals surface area contributed by atoms with Gasteiger partial charge in [-0.3, -0.25) is 19.3 Å². The van der Waals surface area contributed by atoms with Crippen LogP contribution in [0, 0.1) is 46.8 Å². The van der Waals surface area contributed by atoms with Crippen LogP contribution in [0.25, 0.3) is 0 Å². The van der Waals surface area contributed by atoms with Crippen LogP contribution in [-0.4, -0.2) is 90.8 Å². The summed E-state index contributed by atoms with van der Waals surface area (Å²) in [6.07, 6.45) is 32.8. The van der Waals surface area contributed by atoms with Gasteiger partial charge < -0.3 is 28.4 Å². The molecule has 1 atom stereocenters. The lowest BCUT2D eigenvalue weighted by atomic mass is 9.52. The average molecular weight is 966 g/mol. The van der Waals surface area contributed by atoms with E-state index in [-0.39, 0.29) is 60.3 Å². The zero-order chi connectivity index (χ0) is 48.5. The molecule has 0 aliphatic heterocycles. The molecule has 8 aliphatic carbocycles. The molecular weight excluding hydrogens is 871 g/mol. The van der Waals surface area contributed by atoms with Crippen molar-refractivity contribution in [3.05, 3.63) is 0 Å².